The number of para-hydroxylation sites is 1. The predicted molar refractivity (Wildman–Crippen MR) is 119 cm³/mol. The summed E-state index contributed by atoms with van der Waals surface area (Å²) in [6.07, 6.45) is 1.62. The van der Waals surface area contributed by atoms with Gasteiger partial charge in [-0.3, -0.25) is 4.79 Å². The van der Waals surface area contributed by atoms with E-state index in [0.29, 0.717) is 28.3 Å². The van der Waals surface area contributed by atoms with E-state index in [-0.39, 0.29) is 18.1 Å². The second-order valence-corrected chi connectivity index (χ2v) is 9.20. The maximum absolute atomic E-state index is 13.0. The van der Waals surface area contributed by atoms with Gasteiger partial charge in [0.05, 0.1) is 31.2 Å². The quantitative estimate of drug-likeness (QED) is 0.546. The lowest BCUT2D eigenvalue weighted by Gasteiger charge is -2.10. The van der Waals surface area contributed by atoms with Crippen molar-refractivity contribution in [3.63, 3.8) is 0 Å². The first-order valence-corrected chi connectivity index (χ1v) is 11.6. The number of amides is 1. The Morgan fingerprint density at radius 2 is 1.84 bits per heavy atom. The fraction of sp³-hybridized carbons (Fsp3) is 0.273. The predicted octanol–water partition coefficient (Wildman–Crippen LogP) is 2.72. The van der Waals surface area contributed by atoms with Gasteiger partial charge in [-0.25, -0.2) is 13.1 Å². The van der Waals surface area contributed by atoms with Gasteiger partial charge in [0.1, 0.15) is 17.2 Å². The Morgan fingerprint density at radius 1 is 1.10 bits per heavy atom. The minimum Gasteiger partial charge on any atom is -0.497 e. The van der Waals surface area contributed by atoms with Crippen molar-refractivity contribution >= 4 is 15.7 Å². The lowest BCUT2D eigenvalue weighted by molar-refractivity contribution is 0.0956. The van der Waals surface area contributed by atoms with E-state index in [1.165, 1.54) is 7.11 Å². The number of nitrogens with one attached hydrogen (secondary N) is 1. The molecule has 2 aromatic carbocycles. The smallest absolute Gasteiger partial charge is 0.255 e. The van der Waals surface area contributed by atoms with E-state index in [1.807, 2.05) is 30.3 Å². The van der Waals surface area contributed by atoms with Crippen molar-refractivity contribution in [2.45, 2.75) is 6.92 Å². The highest BCUT2D eigenvalue weighted by Gasteiger charge is 2.22. The summed E-state index contributed by atoms with van der Waals surface area (Å²) in [5, 5.41) is 7.32. The molecule has 0 aliphatic heterocycles. The highest BCUT2D eigenvalue weighted by atomic mass is 32.2. The van der Waals surface area contributed by atoms with Crippen LogP contribution in [-0.2, 0) is 9.84 Å². The van der Waals surface area contributed by atoms with E-state index in [2.05, 4.69) is 10.4 Å². The lowest BCUT2D eigenvalue weighted by Crippen LogP contribution is -2.29. The minimum absolute atomic E-state index is 0.0141. The second-order valence-electron chi connectivity index (χ2n) is 6.73. The molecule has 0 saturated heterocycles. The van der Waals surface area contributed by atoms with Crippen LogP contribution in [0, 0.1) is 0 Å². The molecular formula is C22H25N3O5S. The molecule has 1 heterocycles. The zero-order valence-corrected chi connectivity index (χ0v) is 18.5. The third-order valence-corrected chi connectivity index (χ3v) is 6.49. The first kappa shape index (κ1) is 22.4. The summed E-state index contributed by atoms with van der Waals surface area (Å²) in [6.45, 7) is 1.59. The average molecular weight is 444 g/mol. The van der Waals surface area contributed by atoms with Gasteiger partial charge in [0.2, 0.25) is 0 Å². The van der Waals surface area contributed by atoms with Crippen LogP contribution in [0.2, 0.25) is 0 Å². The molecule has 0 saturated carbocycles. The van der Waals surface area contributed by atoms with E-state index >= 15 is 0 Å². The molecule has 3 rings (SSSR count). The summed E-state index contributed by atoms with van der Waals surface area (Å²) in [7, 11) is -0.101. The van der Waals surface area contributed by atoms with Crippen molar-refractivity contribution in [2.75, 3.05) is 32.3 Å². The average Bonchev–Trinajstić information content (AvgIpc) is 3.24. The monoisotopic (exact) mass is 443 g/mol. The molecule has 1 amide bonds. The van der Waals surface area contributed by atoms with Gasteiger partial charge < -0.3 is 14.8 Å². The molecule has 0 fully saturated rings. The van der Waals surface area contributed by atoms with E-state index < -0.39 is 15.7 Å². The van der Waals surface area contributed by atoms with Crippen molar-refractivity contribution in [1.29, 1.82) is 0 Å². The molecule has 0 aliphatic carbocycles. The van der Waals surface area contributed by atoms with Gasteiger partial charge >= 0.3 is 0 Å². The van der Waals surface area contributed by atoms with Crippen LogP contribution >= 0.6 is 0 Å². The van der Waals surface area contributed by atoms with Crippen molar-refractivity contribution < 1.29 is 22.7 Å². The topological polar surface area (TPSA) is 99.5 Å². The molecular weight excluding hydrogens is 418 g/mol. The van der Waals surface area contributed by atoms with Crippen LogP contribution in [0.1, 0.15) is 17.3 Å². The highest BCUT2D eigenvalue weighted by molar-refractivity contribution is 7.91. The van der Waals surface area contributed by atoms with Crippen LogP contribution in [0.5, 0.6) is 11.5 Å². The Morgan fingerprint density at radius 3 is 2.48 bits per heavy atom. The third-order valence-electron chi connectivity index (χ3n) is 4.78. The molecule has 8 nitrogen and oxygen atoms in total. The van der Waals surface area contributed by atoms with E-state index in [4.69, 9.17) is 9.47 Å². The minimum atomic E-state index is -3.19. The number of hydrogen-bond acceptors (Lipinski definition) is 6. The summed E-state index contributed by atoms with van der Waals surface area (Å²) in [5.74, 6) is 0.599. The Bertz CT molecular complexity index is 1160. The molecule has 0 spiro atoms. The Balaban J connectivity index is 2.04. The maximum atomic E-state index is 13.0. The van der Waals surface area contributed by atoms with E-state index in [9.17, 15) is 13.2 Å². The van der Waals surface area contributed by atoms with E-state index in [1.54, 1.807) is 43.1 Å². The van der Waals surface area contributed by atoms with Crippen molar-refractivity contribution in [3.05, 3.63) is 60.3 Å². The number of rotatable bonds is 9. The normalized spacial score (nSPS) is 11.2. The molecule has 31 heavy (non-hydrogen) atoms. The van der Waals surface area contributed by atoms with Crippen LogP contribution in [0.3, 0.4) is 0 Å². The molecule has 9 heteroatoms. The van der Waals surface area contributed by atoms with Crippen LogP contribution in [0.25, 0.3) is 16.9 Å². The van der Waals surface area contributed by atoms with Gasteiger partial charge in [-0.1, -0.05) is 25.1 Å². The Labute approximate surface area is 181 Å². The van der Waals surface area contributed by atoms with Crippen LogP contribution < -0.4 is 14.8 Å². The number of carbonyl (C=O) groups is 1. The van der Waals surface area contributed by atoms with Gasteiger partial charge in [0.15, 0.2) is 9.84 Å². The number of methoxy groups -OCH3 is 2. The van der Waals surface area contributed by atoms with Crippen molar-refractivity contribution in [3.8, 4) is 28.4 Å². The molecule has 0 bridgehead atoms. The zero-order valence-electron chi connectivity index (χ0n) is 17.7. The number of ether oxygens (including phenoxy) is 2. The van der Waals surface area contributed by atoms with Crippen LogP contribution in [-0.4, -0.2) is 56.4 Å². The van der Waals surface area contributed by atoms with Gasteiger partial charge in [-0.2, -0.15) is 5.10 Å². The number of nitrogens with zero attached hydrogens (tertiary/aromatic N) is 2. The molecule has 1 N–H and O–H groups in total. The van der Waals surface area contributed by atoms with Crippen molar-refractivity contribution in [1.82, 2.24) is 15.1 Å². The summed E-state index contributed by atoms with van der Waals surface area (Å²) in [5.41, 5.74) is 2.06. The largest absolute Gasteiger partial charge is 0.497 e. The number of hydrogen-bond donors (Lipinski definition) is 1. The van der Waals surface area contributed by atoms with Crippen LogP contribution in [0.15, 0.2) is 54.7 Å². The SMILES string of the molecule is CCS(=O)(=O)CCNC(=O)c1cn(-c2ccccc2)nc1-c1cc(OC)ccc1OC. The first-order chi connectivity index (χ1) is 14.9. The number of sulfone groups is 1. The molecule has 164 valence electrons. The number of carbonyl (C=O) groups excluding carboxylic acids is 1. The third kappa shape index (κ3) is 5.24. The van der Waals surface area contributed by atoms with Gasteiger partial charge in [-0.15, -0.1) is 0 Å². The first-order valence-electron chi connectivity index (χ1n) is 9.74. The zero-order chi connectivity index (χ0) is 22.4. The van der Waals surface area contributed by atoms with E-state index in [0.717, 1.165) is 5.69 Å². The summed E-state index contributed by atoms with van der Waals surface area (Å²) in [4.78, 5) is 13.0. The van der Waals surface area contributed by atoms with Gasteiger partial charge in [-0.05, 0) is 30.3 Å². The number of benzene rings is 2. The standard InChI is InChI=1S/C22H25N3O5S/c1-4-31(27,28)13-12-23-22(26)19-15-25(16-8-6-5-7-9-16)24-21(19)18-14-17(29-2)10-11-20(18)30-3/h5-11,14-15H,4,12-13H2,1-3H3,(H,23,26). The molecule has 0 unspecified atom stereocenters. The maximum Gasteiger partial charge on any atom is 0.255 e. The molecule has 1 aromatic heterocycles. The molecule has 0 atom stereocenters. The summed E-state index contributed by atoms with van der Waals surface area (Å²) in [6, 6.07) is 14.6. The fourth-order valence-corrected chi connectivity index (χ4v) is 3.71. The van der Waals surface area contributed by atoms with Crippen molar-refractivity contribution in [2.24, 2.45) is 0 Å². The van der Waals surface area contributed by atoms with Gasteiger partial charge in [0, 0.05) is 24.1 Å². The highest BCUT2D eigenvalue weighted by Crippen LogP contribution is 2.35. The molecule has 0 radical (unpaired) electrons. The summed E-state index contributed by atoms with van der Waals surface area (Å²) >= 11 is 0. The van der Waals surface area contributed by atoms with Crippen LogP contribution in [0.4, 0.5) is 0 Å². The lowest BCUT2D eigenvalue weighted by atomic mass is 10.1. The number of aromatic nitrogens is 2. The Kier molecular flexibility index (Phi) is 6.96. The molecule has 0 aliphatic rings. The molecule has 3 aromatic rings. The van der Waals surface area contributed by atoms with Gasteiger partial charge in [0.25, 0.3) is 5.91 Å². The Hall–Kier alpha value is -3.33. The second kappa shape index (κ2) is 9.65. The summed E-state index contributed by atoms with van der Waals surface area (Å²) < 4.78 is 35.9. The fourth-order valence-electron chi connectivity index (χ4n) is 3.01.